The third kappa shape index (κ3) is 50.5. The molecule has 0 spiro atoms. The molecule has 0 aromatic carbocycles. The predicted molar refractivity (Wildman–Crippen MR) is 354 cm³/mol. The summed E-state index contributed by atoms with van der Waals surface area (Å²) in [6.07, 6.45) is 85.7. The number of ether oxygens (including phenoxy) is 2. The van der Waals surface area contributed by atoms with Gasteiger partial charge in [0.25, 0.3) is 0 Å². The van der Waals surface area contributed by atoms with E-state index < -0.39 is 49.5 Å². The second-order valence-electron chi connectivity index (χ2n) is 23.2. The Labute approximate surface area is 509 Å². The van der Waals surface area contributed by atoms with Crippen molar-refractivity contribution >= 4 is 5.91 Å². The molecule has 0 radical (unpaired) electrons. The summed E-state index contributed by atoms with van der Waals surface area (Å²) in [5, 5.41) is 54.7. The van der Waals surface area contributed by atoms with E-state index in [1.54, 1.807) is 6.08 Å². The van der Waals surface area contributed by atoms with Gasteiger partial charge in [-0.1, -0.05) is 302 Å². The number of carbonyl (C=O) groups is 1. The second-order valence-corrected chi connectivity index (χ2v) is 23.2. The Morgan fingerprint density at radius 3 is 1.16 bits per heavy atom. The fraction of sp³-hybridized carbons (Fsp3) is 0.716. The molecule has 1 heterocycles. The van der Waals surface area contributed by atoms with Crippen molar-refractivity contribution in [2.45, 2.75) is 326 Å². The minimum atomic E-state index is -1.58. The number of allylic oxidation sites excluding steroid dienone is 19. The number of aliphatic hydroxyl groups is 5. The van der Waals surface area contributed by atoms with Crippen LogP contribution in [0.3, 0.4) is 0 Å². The second kappa shape index (κ2) is 61.7. The van der Waals surface area contributed by atoms with E-state index in [0.29, 0.717) is 6.42 Å². The molecule has 1 aliphatic heterocycles. The van der Waals surface area contributed by atoms with Crippen molar-refractivity contribution in [2.24, 2.45) is 0 Å². The SMILES string of the molecule is CC/C=C\C/C=C\C/C=C\C/C=C\C/C=C\C/C=C\C/C=C\C/C=C\CCCCCCCCCCCCCCC(=O)NC(COC1OC(CO)C(O)C(O)C1O)C(O)/C=C/CC/C=C/CCCCCCCCCCCCCCCCCCC. The first-order chi connectivity index (χ1) is 40.8. The van der Waals surface area contributed by atoms with Crippen LogP contribution in [0.2, 0.25) is 0 Å². The third-order valence-corrected chi connectivity index (χ3v) is 15.5. The van der Waals surface area contributed by atoms with Gasteiger partial charge >= 0.3 is 0 Å². The lowest BCUT2D eigenvalue weighted by Gasteiger charge is -2.40. The maximum atomic E-state index is 13.1. The zero-order chi connectivity index (χ0) is 60.0. The van der Waals surface area contributed by atoms with Gasteiger partial charge < -0.3 is 40.3 Å². The van der Waals surface area contributed by atoms with Crippen molar-refractivity contribution < 1.29 is 39.8 Å². The van der Waals surface area contributed by atoms with Gasteiger partial charge in [-0.25, -0.2) is 0 Å². The molecule has 1 saturated heterocycles. The molecule has 1 rings (SSSR count). The summed E-state index contributed by atoms with van der Waals surface area (Å²) in [5.41, 5.74) is 0. The maximum Gasteiger partial charge on any atom is 0.220 e. The zero-order valence-corrected chi connectivity index (χ0v) is 53.2. The van der Waals surface area contributed by atoms with Gasteiger partial charge in [-0.2, -0.15) is 0 Å². The normalized spacial score (nSPS) is 19.0. The Hall–Kier alpha value is -3.41. The van der Waals surface area contributed by atoms with Gasteiger partial charge in [-0.15, -0.1) is 0 Å². The molecule has 0 aliphatic carbocycles. The number of amides is 1. The molecule has 1 amide bonds. The Bertz CT molecular complexity index is 1720. The van der Waals surface area contributed by atoms with Gasteiger partial charge in [0.15, 0.2) is 6.29 Å². The van der Waals surface area contributed by atoms with Crippen LogP contribution >= 0.6 is 0 Å². The van der Waals surface area contributed by atoms with Crippen LogP contribution in [0.4, 0.5) is 0 Å². The van der Waals surface area contributed by atoms with Gasteiger partial charge in [-0.05, 0) is 96.3 Å². The van der Waals surface area contributed by atoms with E-state index in [-0.39, 0.29) is 12.5 Å². The van der Waals surface area contributed by atoms with Crippen LogP contribution < -0.4 is 5.32 Å². The number of aliphatic hydroxyl groups excluding tert-OH is 5. The summed E-state index contributed by atoms with van der Waals surface area (Å²) in [5.74, 6) is -0.191. The first kappa shape index (κ1) is 77.6. The van der Waals surface area contributed by atoms with Crippen LogP contribution in [0.5, 0.6) is 0 Å². The highest BCUT2D eigenvalue weighted by atomic mass is 16.7. The largest absolute Gasteiger partial charge is 0.394 e. The molecule has 0 bridgehead atoms. The Balaban J connectivity index is 2.17. The van der Waals surface area contributed by atoms with E-state index in [9.17, 15) is 30.3 Å². The van der Waals surface area contributed by atoms with Crippen molar-refractivity contribution in [1.82, 2.24) is 5.32 Å². The standard InChI is InChI=1S/C74H127NO8/c1-3-5-7-9-11-13-15-17-19-21-23-25-27-28-29-30-31-32-33-34-35-36-37-38-39-40-42-44-46-48-50-52-54-56-58-60-62-64-70(78)75-67(66-82-74-73(81)72(80)71(79)69(65-76)83-74)68(77)63-61-59-57-55-53-51-49-47-45-43-41-26-24-22-20-18-16-14-12-10-8-6-4-2/h5,7,11,13,17,19,23,25,28-29,31-32,34-35,37-38,53,55,61,63,67-69,71-74,76-77,79-81H,3-4,6,8-10,12,14-16,18,20-22,24,26-27,30,33,36,39-52,54,56-60,62,64-66H2,1-2H3,(H,75,78)/b7-5-,13-11-,19-17-,25-23-,29-28-,32-31-,35-34-,38-37-,55-53+,63-61+. The van der Waals surface area contributed by atoms with E-state index in [1.165, 1.54) is 173 Å². The van der Waals surface area contributed by atoms with E-state index in [1.807, 2.05) is 6.08 Å². The number of hydrogen-bond donors (Lipinski definition) is 6. The highest BCUT2D eigenvalue weighted by Crippen LogP contribution is 2.23. The Morgan fingerprint density at radius 1 is 0.422 bits per heavy atom. The molecule has 1 fully saturated rings. The molecular weight excluding hydrogens is 1030 g/mol. The Kier molecular flexibility index (Phi) is 57.7. The summed E-state index contributed by atoms with van der Waals surface area (Å²) < 4.78 is 11.3. The summed E-state index contributed by atoms with van der Waals surface area (Å²) in [6.45, 7) is 3.67. The van der Waals surface area contributed by atoms with Crippen LogP contribution in [0.15, 0.2) is 122 Å². The van der Waals surface area contributed by atoms with Crippen molar-refractivity contribution in [1.29, 1.82) is 0 Å². The minimum absolute atomic E-state index is 0.191. The Morgan fingerprint density at radius 2 is 0.759 bits per heavy atom. The van der Waals surface area contributed by atoms with Gasteiger partial charge in [0.05, 0.1) is 25.4 Å². The monoisotopic (exact) mass is 1160 g/mol. The van der Waals surface area contributed by atoms with E-state index in [2.05, 4.69) is 129 Å². The minimum Gasteiger partial charge on any atom is -0.394 e. The number of rotatable bonds is 58. The lowest BCUT2D eigenvalue weighted by Crippen LogP contribution is -2.60. The molecule has 0 saturated carbocycles. The molecule has 83 heavy (non-hydrogen) atoms. The van der Waals surface area contributed by atoms with Crippen molar-refractivity contribution in [3.8, 4) is 0 Å². The smallest absolute Gasteiger partial charge is 0.220 e. The van der Waals surface area contributed by atoms with Crippen molar-refractivity contribution in [3.05, 3.63) is 122 Å². The highest BCUT2D eigenvalue weighted by molar-refractivity contribution is 5.76. The first-order valence-electron chi connectivity index (χ1n) is 34.3. The molecule has 9 heteroatoms. The number of carbonyl (C=O) groups excluding carboxylic acids is 1. The molecule has 0 aromatic rings. The molecule has 7 unspecified atom stereocenters. The van der Waals surface area contributed by atoms with Gasteiger partial charge in [0.2, 0.25) is 5.91 Å². The maximum absolute atomic E-state index is 13.1. The van der Waals surface area contributed by atoms with Crippen molar-refractivity contribution in [3.63, 3.8) is 0 Å². The number of nitrogens with one attached hydrogen (secondary N) is 1. The molecule has 6 N–H and O–H groups in total. The average Bonchev–Trinajstić information content (AvgIpc) is 3.60. The van der Waals surface area contributed by atoms with Crippen LogP contribution in [0.1, 0.15) is 284 Å². The summed E-state index contributed by atoms with van der Waals surface area (Å²) in [6, 6.07) is -0.832. The van der Waals surface area contributed by atoms with Crippen LogP contribution in [0.25, 0.3) is 0 Å². The lowest BCUT2D eigenvalue weighted by atomic mass is 9.99. The van der Waals surface area contributed by atoms with Gasteiger partial charge in [0.1, 0.15) is 24.4 Å². The summed E-state index contributed by atoms with van der Waals surface area (Å²) in [4.78, 5) is 13.1. The zero-order valence-electron chi connectivity index (χ0n) is 53.2. The molecule has 0 aromatic heterocycles. The quantitative estimate of drug-likeness (QED) is 0.0261. The summed E-state index contributed by atoms with van der Waals surface area (Å²) in [7, 11) is 0. The van der Waals surface area contributed by atoms with E-state index >= 15 is 0 Å². The molecule has 7 atom stereocenters. The average molecular weight is 1160 g/mol. The molecular formula is C74H127NO8. The van der Waals surface area contributed by atoms with E-state index in [4.69, 9.17) is 9.47 Å². The first-order valence-corrected chi connectivity index (χ1v) is 34.3. The molecule has 476 valence electrons. The number of hydrogen-bond acceptors (Lipinski definition) is 8. The topological polar surface area (TPSA) is 149 Å². The van der Waals surface area contributed by atoms with Crippen molar-refractivity contribution in [2.75, 3.05) is 13.2 Å². The van der Waals surface area contributed by atoms with Crippen LogP contribution in [-0.4, -0.2) is 87.5 Å². The van der Waals surface area contributed by atoms with Gasteiger partial charge in [-0.3, -0.25) is 4.79 Å². The van der Waals surface area contributed by atoms with Gasteiger partial charge in [0, 0.05) is 6.42 Å². The third-order valence-electron chi connectivity index (χ3n) is 15.5. The fourth-order valence-electron chi connectivity index (χ4n) is 10.2. The highest BCUT2D eigenvalue weighted by Gasteiger charge is 2.44. The molecule has 9 nitrogen and oxygen atoms in total. The fourth-order valence-corrected chi connectivity index (χ4v) is 10.2. The van der Waals surface area contributed by atoms with E-state index in [0.717, 1.165) is 89.9 Å². The summed E-state index contributed by atoms with van der Waals surface area (Å²) >= 11 is 0. The van der Waals surface area contributed by atoms with Crippen LogP contribution in [0, 0.1) is 0 Å². The van der Waals surface area contributed by atoms with Crippen LogP contribution in [-0.2, 0) is 14.3 Å². The molecule has 1 aliphatic rings. The predicted octanol–water partition coefficient (Wildman–Crippen LogP) is 18.6. The number of unbranched alkanes of at least 4 members (excludes halogenated alkanes) is 30. The lowest BCUT2D eigenvalue weighted by molar-refractivity contribution is -0.302.